The number of hydrogen-bond acceptors (Lipinski definition) is 1. The van der Waals surface area contributed by atoms with E-state index in [4.69, 9.17) is 0 Å². The van der Waals surface area contributed by atoms with Crippen molar-refractivity contribution in [3.8, 4) is 0 Å². The van der Waals surface area contributed by atoms with Gasteiger partial charge in [-0.2, -0.15) is 0 Å². The molecule has 0 amide bonds. The molecule has 0 saturated heterocycles. The summed E-state index contributed by atoms with van der Waals surface area (Å²) in [5.41, 5.74) is 1.93. The average Bonchev–Trinajstić information content (AvgIpc) is 2.34. The van der Waals surface area contributed by atoms with Gasteiger partial charge in [0.2, 0.25) is 0 Å². The zero-order valence-corrected chi connectivity index (χ0v) is 5.42. The molecule has 2 radical (unpaired) electrons. The second kappa shape index (κ2) is 1.94. The van der Waals surface area contributed by atoms with E-state index in [1.807, 2.05) is 24.3 Å². The fourth-order valence-corrected chi connectivity index (χ4v) is 1.17. The van der Waals surface area contributed by atoms with Crippen LogP contribution >= 0.6 is 0 Å². The minimum Gasteiger partial charge on any atom is -0.293 e. The zero-order chi connectivity index (χ0) is 6.97. The van der Waals surface area contributed by atoms with Gasteiger partial charge in [-0.1, -0.05) is 24.3 Å². The van der Waals surface area contributed by atoms with Gasteiger partial charge in [0, 0.05) is 5.56 Å². The van der Waals surface area contributed by atoms with Crippen LogP contribution < -0.4 is 0 Å². The summed E-state index contributed by atoms with van der Waals surface area (Å²) in [6.07, 6.45) is 3.44. The van der Waals surface area contributed by atoms with Gasteiger partial charge in [-0.15, -0.1) is 0 Å². The third-order valence-corrected chi connectivity index (χ3v) is 1.70. The topological polar surface area (TPSA) is 17.1 Å². The summed E-state index contributed by atoms with van der Waals surface area (Å²) in [5.74, 6) is 0.0515. The molecule has 48 valence electrons. The molecule has 0 unspecified atom stereocenters. The minimum absolute atomic E-state index is 0.0515. The van der Waals surface area contributed by atoms with Crippen molar-refractivity contribution in [1.82, 2.24) is 0 Å². The molecular formula is C9H6O. The first-order valence-corrected chi connectivity index (χ1v) is 3.24. The number of hydrogen-bond donors (Lipinski definition) is 0. The molecule has 1 aromatic rings. The molecule has 2 rings (SSSR count). The van der Waals surface area contributed by atoms with E-state index in [0.29, 0.717) is 6.42 Å². The summed E-state index contributed by atoms with van der Waals surface area (Å²) in [5, 5.41) is 0. The van der Waals surface area contributed by atoms with E-state index in [0.717, 1.165) is 11.1 Å². The third kappa shape index (κ3) is 0.670. The molecule has 0 saturated carbocycles. The Bertz CT molecular complexity index is 276. The SMILES string of the molecule is O=C1[C]Cc2ccccc21. The molecule has 0 bridgehead atoms. The van der Waals surface area contributed by atoms with Gasteiger partial charge in [0.1, 0.15) is 0 Å². The van der Waals surface area contributed by atoms with Gasteiger partial charge in [-0.05, 0) is 12.0 Å². The first-order chi connectivity index (χ1) is 4.88. The largest absolute Gasteiger partial charge is 0.293 e. The second-order valence-corrected chi connectivity index (χ2v) is 2.34. The molecule has 1 aromatic carbocycles. The Kier molecular flexibility index (Phi) is 1.10. The van der Waals surface area contributed by atoms with Gasteiger partial charge in [0.25, 0.3) is 0 Å². The van der Waals surface area contributed by atoms with Crippen LogP contribution in [0.4, 0.5) is 0 Å². The molecule has 0 atom stereocenters. The van der Waals surface area contributed by atoms with Crippen LogP contribution in [0.2, 0.25) is 0 Å². The van der Waals surface area contributed by atoms with Crippen molar-refractivity contribution in [2.24, 2.45) is 0 Å². The summed E-state index contributed by atoms with van der Waals surface area (Å²) in [6, 6.07) is 7.63. The standard InChI is InChI=1S/C9H6O/c10-9-6-5-7-3-1-2-4-8(7)9/h1-4H,5H2. The van der Waals surface area contributed by atoms with Crippen molar-refractivity contribution in [2.75, 3.05) is 0 Å². The summed E-state index contributed by atoms with van der Waals surface area (Å²) in [6.45, 7) is 0. The Balaban J connectivity index is 2.61. The number of rotatable bonds is 0. The smallest absolute Gasteiger partial charge is 0.171 e. The van der Waals surface area contributed by atoms with Gasteiger partial charge in [-0.3, -0.25) is 4.79 Å². The highest BCUT2D eigenvalue weighted by Gasteiger charge is 2.18. The van der Waals surface area contributed by atoms with Crippen LogP contribution in [-0.2, 0) is 6.42 Å². The summed E-state index contributed by atoms with van der Waals surface area (Å²) < 4.78 is 0. The van der Waals surface area contributed by atoms with Gasteiger partial charge in [0.05, 0.1) is 6.42 Å². The minimum atomic E-state index is 0.0515. The maximum absolute atomic E-state index is 11.0. The molecule has 0 aromatic heterocycles. The van der Waals surface area contributed by atoms with Gasteiger partial charge in [-0.25, -0.2) is 0 Å². The van der Waals surface area contributed by atoms with Crippen molar-refractivity contribution < 1.29 is 4.79 Å². The quantitative estimate of drug-likeness (QED) is 0.520. The highest BCUT2D eigenvalue weighted by molar-refractivity contribution is 6.06. The molecule has 0 fully saturated rings. The molecule has 0 heterocycles. The molecular weight excluding hydrogens is 124 g/mol. The van der Waals surface area contributed by atoms with Crippen LogP contribution in [0.15, 0.2) is 24.3 Å². The van der Waals surface area contributed by atoms with E-state index in [2.05, 4.69) is 6.42 Å². The number of Topliss-reactive ketones (excluding diaryl/α,β-unsaturated/α-hetero) is 1. The van der Waals surface area contributed by atoms with Crippen LogP contribution in [0.3, 0.4) is 0 Å². The molecule has 0 aliphatic heterocycles. The number of carbonyl (C=O) groups excluding carboxylic acids is 1. The van der Waals surface area contributed by atoms with Crippen molar-refractivity contribution in [2.45, 2.75) is 6.42 Å². The summed E-state index contributed by atoms with van der Waals surface area (Å²) >= 11 is 0. The van der Waals surface area contributed by atoms with E-state index < -0.39 is 0 Å². The van der Waals surface area contributed by atoms with E-state index >= 15 is 0 Å². The van der Waals surface area contributed by atoms with Crippen LogP contribution in [0.5, 0.6) is 0 Å². The Labute approximate surface area is 59.7 Å². The number of carbonyl (C=O) groups is 1. The van der Waals surface area contributed by atoms with Gasteiger partial charge in [0.15, 0.2) is 5.78 Å². The van der Waals surface area contributed by atoms with Crippen molar-refractivity contribution >= 4 is 5.78 Å². The zero-order valence-electron chi connectivity index (χ0n) is 5.42. The molecule has 1 heteroatoms. The first-order valence-electron chi connectivity index (χ1n) is 3.24. The number of benzene rings is 1. The summed E-state index contributed by atoms with van der Waals surface area (Å²) in [4.78, 5) is 11.0. The Morgan fingerprint density at radius 2 is 2.10 bits per heavy atom. The fourth-order valence-electron chi connectivity index (χ4n) is 1.17. The Morgan fingerprint density at radius 1 is 1.30 bits per heavy atom. The highest BCUT2D eigenvalue weighted by Crippen LogP contribution is 2.19. The van der Waals surface area contributed by atoms with Crippen LogP contribution in [-0.4, -0.2) is 5.78 Å². The maximum Gasteiger partial charge on any atom is 0.171 e. The lowest BCUT2D eigenvalue weighted by molar-refractivity contribution is 0.103. The van der Waals surface area contributed by atoms with Crippen LogP contribution in [0.1, 0.15) is 15.9 Å². The van der Waals surface area contributed by atoms with E-state index in [1.165, 1.54) is 0 Å². The second-order valence-electron chi connectivity index (χ2n) is 2.34. The predicted octanol–water partition coefficient (Wildman–Crippen LogP) is 1.51. The first kappa shape index (κ1) is 5.66. The van der Waals surface area contributed by atoms with E-state index in [-0.39, 0.29) is 5.78 Å². The van der Waals surface area contributed by atoms with Crippen LogP contribution in [0.25, 0.3) is 0 Å². The lowest BCUT2D eigenvalue weighted by atomic mass is 10.1. The monoisotopic (exact) mass is 130 g/mol. The molecule has 1 nitrogen and oxygen atoms in total. The fraction of sp³-hybridized carbons (Fsp3) is 0.111. The molecule has 10 heavy (non-hydrogen) atoms. The van der Waals surface area contributed by atoms with E-state index in [9.17, 15) is 4.79 Å². The Hall–Kier alpha value is -1.11. The Morgan fingerprint density at radius 3 is 2.90 bits per heavy atom. The average molecular weight is 130 g/mol. The lowest BCUT2D eigenvalue weighted by Crippen LogP contribution is -1.89. The molecule has 0 N–H and O–H groups in total. The summed E-state index contributed by atoms with van der Waals surface area (Å²) in [7, 11) is 0. The maximum atomic E-state index is 11.0. The normalized spacial score (nSPS) is 15.4. The van der Waals surface area contributed by atoms with Crippen molar-refractivity contribution in [3.63, 3.8) is 0 Å². The van der Waals surface area contributed by atoms with Crippen LogP contribution in [0, 0.1) is 6.42 Å². The predicted molar refractivity (Wildman–Crippen MR) is 37.7 cm³/mol. The lowest BCUT2D eigenvalue weighted by Gasteiger charge is -1.91. The number of fused-ring (bicyclic) bond motifs is 1. The van der Waals surface area contributed by atoms with E-state index in [1.54, 1.807) is 0 Å². The van der Waals surface area contributed by atoms with Crippen molar-refractivity contribution in [1.29, 1.82) is 0 Å². The van der Waals surface area contributed by atoms with Gasteiger partial charge < -0.3 is 0 Å². The number of ketones is 1. The molecule has 0 spiro atoms. The molecule has 1 aliphatic carbocycles. The van der Waals surface area contributed by atoms with Crippen molar-refractivity contribution in [3.05, 3.63) is 41.8 Å². The molecule has 1 aliphatic rings. The van der Waals surface area contributed by atoms with Gasteiger partial charge >= 0.3 is 0 Å². The third-order valence-electron chi connectivity index (χ3n) is 1.70. The highest BCUT2D eigenvalue weighted by atomic mass is 16.1.